The van der Waals surface area contributed by atoms with Gasteiger partial charge in [-0.3, -0.25) is 9.59 Å². The lowest BCUT2D eigenvalue weighted by atomic mass is 9.90. The summed E-state index contributed by atoms with van der Waals surface area (Å²) >= 11 is 0. The van der Waals surface area contributed by atoms with E-state index >= 15 is 0 Å². The van der Waals surface area contributed by atoms with Crippen LogP contribution in [0.5, 0.6) is 0 Å². The summed E-state index contributed by atoms with van der Waals surface area (Å²) in [5, 5.41) is 2.73. The molecule has 1 aliphatic rings. The fourth-order valence-corrected chi connectivity index (χ4v) is 2.09. The summed E-state index contributed by atoms with van der Waals surface area (Å²) in [4.78, 5) is 25.9. The van der Waals surface area contributed by atoms with Crippen LogP contribution in [0, 0.1) is 12.3 Å². The van der Waals surface area contributed by atoms with Gasteiger partial charge in [0.15, 0.2) is 0 Å². The number of terminal acetylenes is 1. The van der Waals surface area contributed by atoms with E-state index in [1.807, 2.05) is 6.92 Å². The normalized spacial score (nSPS) is 24.2. The van der Waals surface area contributed by atoms with Gasteiger partial charge in [0.1, 0.15) is 11.6 Å². The van der Waals surface area contributed by atoms with E-state index < -0.39 is 17.1 Å². The summed E-state index contributed by atoms with van der Waals surface area (Å²) < 4.78 is 0. The standard InChI is InChI=1S/C13H20N2O2/c1-7-9-10(16)14-13(5,6)11(17)15(9)12(3,4)8-2/h2,9H,7H2,1,3-6H3,(H,14,16). The third kappa shape index (κ3) is 2.14. The fraction of sp³-hybridized carbons (Fsp3) is 0.692. The first-order valence-corrected chi connectivity index (χ1v) is 5.81. The Morgan fingerprint density at radius 1 is 1.47 bits per heavy atom. The van der Waals surface area contributed by atoms with Crippen molar-refractivity contribution in [2.24, 2.45) is 0 Å². The van der Waals surface area contributed by atoms with Crippen LogP contribution in [0.1, 0.15) is 41.0 Å². The minimum absolute atomic E-state index is 0.132. The van der Waals surface area contributed by atoms with Crippen LogP contribution < -0.4 is 5.32 Å². The van der Waals surface area contributed by atoms with E-state index in [2.05, 4.69) is 11.2 Å². The van der Waals surface area contributed by atoms with E-state index in [0.717, 1.165) is 0 Å². The highest BCUT2D eigenvalue weighted by atomic mass is 16.2. The number of piperazine rings is 1. The van der Waals surface area contributed by atoms with Crippen LogP contribution in [0.3, 0.4) is 0 Å². The van der Waals surface area contributed by atoms with Gasteiger partial charge in [-0.15, -0.1) is 6.42 Å². The van der Waals surface area contributed by atoms with Gasteiger partial charge in [-0.2, -0.15) is 0 Å². The lowest BCUT2D eigenvalue weighted by Crippen LogP contribution is -2.71. The average molecular weight is 236 g/mol. The van der Waals surface area contributed by atoms with Crippen molar-refractivity contribution in [1.82, 2.24) is 10.2 Å². The molecule has 4 heteroatoms. The Balaban J connectivity index is 3.25. The molecule has 1 atom stereocenters. The molecule has 94 valence electrons. The number of rotatable bonds is 2. The topological polar surface area (TPSA) is 49.4 Å². The highest BCUT2D eigenvalue weighted by molar-refractivity contribution is 5.99. The number of nitrogens with one attached hydrogen (secondary N) is 1. The van der Waals surface area contributed by atoms with Gasteiger partial charge in [0.05, 0.1) is 5.54 Å². The molecule has 0 saturated carbocycles. The molecule has 4 nitrogen and oxygen atoms in total. The zero-order chi connectivity index (χ0) is 13.4. The number of carbonyl (C=O) groups is 2. The number of amides is 2. The third-order valence-electron chi connectivity index (χ3n) is 3.15. The predicted octanol–water partition coefficient (Wildman–Crippen LogP) is 0.914. The summed E-state index contributed by atoms with van der Waals surface area (Å²) in [5.74, 6) is 2.32. The van der Waals surface area contributed by atoms with Gasteiger partial charge in [-0.05, 0) is 34.1 Å². The molecule has 0 aromatic rings. The molecule has 0 bridgehead atoms. The van der Waals surface area contributed by atoms with Gasteiger partial charge in [-0.25, -0.2) is 0 Å². The molecule has 17 heavy (non-hydrogen) atoms. The molecular weight excluding hydrogens is 216 g/mol. The average Bonchev–Trinajstić information content (AvgIpc) is 2.22. The Hall–Kier alpha value is -1.50. The van der Waals surface area contributed by atoms with Crippen molar-refractivity contribution in [3.8, 4) is 12.3 Å². The Morgan fingerprint density at radius 2 is 2.00 bits per heavy atom. The Bertz CT molecular complexity index is 391. The molecule has 0 aromatic heterocycles. The van der Waals surface area contributed by atoms with Gasteiger partial charge >= 0.3 is 0 Å². The zero-order valence-electron chi connectivity index (χ0n) is 11.1. The van der Waals surface area contributed by atoms with Gasteiger partial charge in [0.25, 0.3) is 0 Å². The van der Waals surface area contributed by atoms with Crippen molar-refractivity contribution in [2.75, 3.05) is 0 Å². The molecule has 0 aliphatic carbocycles. The maximum atomic E-state index is 12.4. The molecule has 1 saturated heterocycles. The lowest BCUT2D eigenvalue weighted by molar-refractivity contribution is -0.158. The Kier molecular flexibility index (Phi) is 3.24. The van der Waals surface area contributed by atoms with Gasteiger partial charge in [0, 0.05) is 0 Å². The van der Waals surface area contributed by atoms with Crippen molar-refractivity contribution in [2.45, 2.75) is 58.2 Å². The summed E-state index contributed by atoms with van der Waals surface area (Å²) in [5.41, 5.74) is -1.65. The first kappa shape index (κ1) is 13.6. The minimum atomic E-state index is -0.892. The highest BCUT2D eigenvalue weighted by Gasteiger charge is 2.49. The molecule has 0 spiro atoms. The first-order valence-electron chi connectivity index (χ1n) is 5.81. The number of nitrogens with zero attached hydrogens (tertiary/aromatic N) is 1. The molecule has 1 unspecified atom stereocenters. The van der Waals surface area contributed by atoms with Gasteiger partial charge in [0.2, 0.25) is 11.8 Å². The highest BCUT2D eigenvalue weighted by Crippen LogP contribution is 2.27. The Labute approximate surface area is 103 Å². The third-order valence-corrected chi connectivity index (χ3v) is 3.15. The largest absolute Gasteiger partial charge is 0.340 e. The van der Waals surface area contributed by atoms with E-state index in [9.17, 15) is 9.59 Å². The van der Waals surface area contributed by atoms with Crippen molar-refractivity contribution < 1.29 is 9.59 Å². The van der Waals surface area contributed by atoms with E-state index in [4.69, 9.17) is 6.42 Å². The molecule has 0 radical (unpaired) electrons. The van der Waals surface area contributed by atoms with Crippen LogP contribution in [0.25, 0.3) is 0 Å². The van der Waals surface area contributed by atoms with Crippen molar-refractivity contribution >= 4 is 11.8 Å². The maximum absolute atomic E-state index is 12.4. The second-order valence-corrected chi connectivity index (χ2v) is 5.42. The predicted molar refractivity (Wildman–Crippen MR) is 66.1 cm³/mol. The molecular formula is C13H20N2O2. The molecule has 1 heterocycles. The van der Waals surface area contributed by atoms with E-state index in [0.29, 0.717) is 6.42 Å². The van der Waals surface area contributed by atoms with Crippen molar-refractivity contribution in [3.63, 3.8) is 0 Å². The molecule has 1 aliphatic heterocycles. The molecule has 1 fully saturated rings. The van der Waals surface area contributed by atoms with Crippen LogP contribution in [0.4, 0.5) is 0 Å². The second kappa shape index (κ2) is 4.06. The van der Waals surface area contributed by atoms with Gasteiger partial charge < -0.3 is 10.2 Å². The van der Waals surface area contributed by atoms with Crippen LogP contribution in [0.15, 0.2) is 0 Å². The van der Waals surface area contributed by atoms with Crippen LogP contribution in [-0.2, 0) is 9.59 Å². The summed E-state index contributed by atoms with van der Waals surface area (Å²) in [6.45, 7) is 8.82. The quantitative estimate of drug-likeness (QED) is 0.725. The second-order valence-electron chi connectivity index (χ2n) is 5.42. The lowest BCUT2D eigenvalue weighted by Gasteiger charge is -2.48. The number of carbonyl (C=O) groups excluding carboxylic acids is 2. The molecule has 2 amide bonds. The van der Waals surface area contributed by atoms with Crippen LogP contribution >= 0.6 is 0 Å². The van der Waals surface area contributed by atoms with Gasteiger partial charge in [-0.1, -0.05) is 12.8 Å². The summed E-state index contributed by atoms with van der Waals surface area (Å²) in [7, 11) is 0. The molecule has 1 rings (SSSR count). The van der Waals surface area contributed by atoms with Crippen LogP contribution in [-0.4, -0.2) is 33.8 Å². The first-order chi connectivity index (χ1) is 7.67. The summed E-state index contributed by atoms with van der Waals surface area (Å²) in [6.07, 6.45) is 6.03. The minimum Gasteiger partial charge on any atom is -0.340 e. The number of hydrogen-bond acceptors (Lipinski definition) is 2. The number of hydrogen-bond donors (Lipinski definition) is 1. The summed E-state index contributed by atoms with van der Waals surface area (Å²) in [6, 6.07) is -0.485. The van der Waals surface area contributed by atoms with E-state index in [1.54, 1.807) is 27.7 Å². The monoisotopic (exact) mass is 236 g/mol. The molecule has 0 aromatic carbocycles. The Morgan fingerprint density at radius 3 is 2.41 bits per heavy atom. The molecule has 1 N–H and O–H groups in total. The SMILES string of the molecule is C#CC(C)(C)N1C(=O)C(C)(C)NC(=O)C1CC. The maximum Gasteiger partial charge on any atom is 0.249 e. The van der Waals surface area contributed by atoms with E-state index in [-0.39, 0.29) is 11.8 Å². The smallest absolute Gasteiger partial charge is 0.249 e. The van der Waals surface area contributed by atoms with Crippen LogP contribution in [0.2, 0.25) is 0 Å². The van der Waals surface area contributed by atoms with E-state index in [1.165, 1.54) is 4.90 Å². The van der Waals surface area contributed by atoms with Crippen molar-refractivity contribution in [3.05, 3.63) is 0 Å². The fourth-order valence-electron chi connectivity index (χ4n) is 2.09. The zero-order valence-corrected chi connectivity index (χ0v) is 11.1. The van der Waals surface area contributed by atoms with Crippen molar-refractivity contribution in [1.29, 1.82) is 0 Å².